The second-order valence-corrected chi connectivity index (χ2v) is 6.49. The first-order chi connectivity index (χ1) is 12.7. The number of aldehydes is 1. The number of hydrogen-bond acceptors (Lipinski definition) is 4. The molecule has 0 N–H and O–H groups in total. The van der Waals surface area contributed by atoms with E-state index in [9.17, 15) is 9.59 Å². The Bertz CT molecular complexity index is 719. The van der Waals surface area contributed by atoms with Crippen LogP contribution in [-0.4, -0.2) is 35.5 Å². The molecule has 0 radical (unpaired) electrons. The summed E-state index contributed by atoms with van der Waals surface area (Å²) in [4.78, 5) is 25.6. The van der Waals surface area contributed by atoms with Gasteiger partial charge in [-0.15, -0.1) is 0 Å². The second kappa shape index (κ2) is 8.63. The lowest BCUT2D eigenvalue weighted by Crippen LogP contribution is -2.44. The summed E-state index contributed by atoms with van der Waals surface area (Å²) in [7, 11) is 0. The van der Waals surface area contributed by atoms with E-state index in [2.05, 4.69) is 0 Å². The van der Waals surface area contributed by atoms with Crippen molar-refractivity contribution in [2.24, 2.45) is 0 Å². The predicted molar refractivity (Wildman–Crippen MR) is 97.4 cm³/mol. The Hall–Kier alpha value is -2.66. The quantitative estimate of drug-likeness (QED) is 0.745. The fourth-order valence-corrected chi connectivity index (χ4v) is 3.25. The van der Waals surface area contributed by atoms with Gasteiger partial charge in [-0.2, -0.15) is 0 Å². The number of carbonyl (C=O) groups is 2. The van der Waals surface area contributed by atoms with E-state index in [1.165, 1.54) is 4.90 Å². The average molecular weight is 353 g/mol. The van der Waals surface area contributed by atoms with E-state index in [1.54, 1.807) is 0 Å². The second-order valence-electron chi connectivity index (χ2n) is 6.49. The molecule has 5 heteroatoms. The van der Waals surface area contributed by atoms with Crippen molar-refractivity contribution < 1.29 is 19.1 Å². The Morgan fingerprint density at radius 3 is 2.19 bits per heavy atom. The number of likely N-dealkylation sites (tertiary alicyclic amines) is 1. The van der Waals surface area contributed by atoms with Crippen molar-refractivity contribution >= 4 is 12.4 Å². The van der Waals surface area contributed by atoms with Gasteiger partial charge in [-0.25, -0.2) is 4.79 Å². The zero-order valence-electron chi connectivity index (χ0n) is 14.8. The van der Waals surface area contributed by atoms with Crippen molar-refractivity contribution in [2.75, 3.05) is 0 Å². The normalized spacial score (nSPS) is 22.2. The van der Waals surface area contributed by atoms with Gasteiger partial charge >= 0.3 is 6.09 Å². The van der Waals surface area contributed by atoms with E-state index >= 15 is 0 Å². The number of hydrogen-bond donors (Lipinski definition) is 0. The zero-order valence-corrected chi connectivity index (χ0v) is 14.8. The molecule has 1 fully saturated rings. The molecular formula is C21H23NO4. The summed E-state index contributed by atoms with van der Waals surface area (Å²) < 4.78 is 11.3. The summed E-state index contributed by atoms with van der Waals surface area (Å²) in [5.41, 5.74) is 1.95. The van der Waals surface area contributed by atoms with Gasteiger partial charge in [-0.05, 0) is 24.5 Å². The Labute approximate surface area is 153 Å². The highest BCUT2D eigenvalue weighted by Crippen LogP contribution is 2.27. The highest BCUT2D eigenvalue weighted by Gasteiger charge is 2.43. The minimum atomic E-state index is -0.628. The Balaban J connectivity index is 1.59. The monoisotopic (exact) mass is 353 g/mol. The molecule has 2 unspecified atom stereocenters. The van der Waals surface area contributed by atoms with E-state index in [4.69, 9.17) is 9.47 Å². The van der Waals surface area contributed by atoms with Gasteiger partial charge < -0.3 is 14.3 Å². The van der Waals surface area contributed by atoms with E-state index in [0.29, 0.717) is 13.0 Å². The predicted octanol–water partition coefficient (Wildman–Crippen LogP) is 3.57. The van der Waals surface area contributed by atoms with Gasteiger partial charge in [-0.3, -0.25) is 4.90 Å². The third kappa shape index (κ3) is 4.29. The SMILES string of the molecule is CC1CC(OCc2ccccc2)[C@@H](C=O)N1C(=O)OCc1ccccc1. The van der Waals surface area contributed by atoms with Crippen molar-refractivity contribution in [3.8, 4) is 0 Å². The largest absolute Gasteiger partial charge is 0.445 e. The van der Waals surface area contributed by atoms with Crippen molar-refractivity contribution in [2.45, 2.75) is 44.7 Å². The van der Waals surface area contributed by atoms with Crippen LogP contribution < -0.4 is 0 Å². The maximum atomic E-state index is 12.5. The van der Waals surface area contributed by atoms with E-state index < -0.39 is 12.1 Å². The molecule has 3 rings (SSSR count). The molecule has 1 saturated heterocycles. The fraction of sp³-hybridized carbons (Fsp3) is 0.333. The fourth-order valence-electron chi connectivity index (χ4n) is 3.25. The first kappa shape index (κ1) is 18.1. The highest BCUT2D eigenvalue weighted by atomic mass is 16.6. The number of carbonyl (C=O) groups excluding carboxylic acids is 2. The zero-order chi connectivity index (χ0) is 18.4. The van der Waals surface area contributed by atoms with Crippen LogP contribution in [0.15, 0.2) is 60.7 Å². The maximum absolute atomic E-state index is 12.5. The summed E-state index contributed by atoms with van der Waals surface area (Å²) >= 11 is 0. The summed E-state index contributed by atoms with van der Waals surface area (Å²) in [6, 6.07) is 18.5. The molecule has 1 aliphatic rings. The molecule has 136 valence electrons. The standard InChI is InChI=1S/C21H23NO4/c1-16-12-20(25-14-17-8-4-2-5-9-17)19(13-23)22(16)21(24)26-15-18-10-6-3-7-11-18/h2-11,13,16,19-20H,12,14-15H2,1H3/t16?,19-,20?/m1/s1. The topological polar surface area (TPSA) is 55.8 Å². The summed E-state index contributed by atoms with van der Waals surface area (Å²) in [6.45, 7) is 2.51. The van der Waals surface area contributed by atoms with Gasteiger partial charge in [0.25, 0.3) is 0 Å². The summed E-state index contributed by atoms with van der Waals surface area (Å²) in [5, 5.41) is 0. The molecule has 3 atom stereocenters. The average Bonchev–Trinajstić information content (AvgIpc) is 3.01. The lowest BCUT2D eigenvalue weighted by Gasteiger charge is -2.25. The molecule has 5 nitrogen and oxygen atoms in total. The molecule has 1 heterocycles. The smallest absolute Gasteiger partial charge is 0.411 e. The Morgan fingerprint density at radius 1 is 1.04 bits per heavy atom. The van der Waals surface area contributed by atoms with E-state index in [1.807, 2.05) is 67.6 Å². The van der Waals surface area contributed by atoms with Gasteiger partial charge in [0, 0.05) is 6.04 Å². The van der Waals surface area contributed by atoms with Crippen LogP contribution in [0.25, 0.3) is 0 Å². The Kier molecular flexibility index (Phi) is 6.02. The lowest BCUT2D eigenvalue weighted by molar-refractivity contribution is -0.115. The third-order valence-corrected chi connectivity index (χ3v) is 4.61. The van der Waals surface area contributed by atoms with Gasteiger partial charge in [0.05, 0.1) is 12.7 Å². The van der Waals surface area contributed by atoms with Crippen molar-refractivity contribution in [3.63, 3.8) is 0 Å². The van der Waals surface area contributed by atoms with E-state index in [-0.39, 0.29) is 18.8 Å². The summed E-state index contributed by atoms with van der Waals surface area (Å²) in [5.74, 6) is 0. The molecule has 1 amide bonds. The minimum Gasteiger partial charge on any atom is -0.445 e. The van der Waals surface area contributed by atoms with Gasteiger partial charge in [0.15, 0.2) is 0 Å². The van der Waals surface area contributed by atoms with Crippen molar-refractivity contribution in [1.29, 1.82) is 0 Å². The molecule has 0 saturated carbocycles. The molecule has 2 aromatic rings. The van der Waals surface area contributed by atoms with E-state index in [0.717, 1.165) is 17.4 Å². The summed E-state index contributed by atoms with van der Waals surface area (Å²) in [6.07, 6.45) is 0.579. The van der Waals surface area contributed by atoms with Gasteiger partial charge in [-0.1, -0.05) is 60.7 Å². The lowest BCUT2D eigenvalue weighted by atomic mass is 10.1. The number of ether oxygens (including phenoxy) is 2. The maximum Gasteiger partial charge on any atom is 0.411 e. The van der Waals surface area contributed by atoms with Crippen LogP contribution in [-0.2, 0) is 27.5 Å². The number of benzene rings is 2. The molecule has 2 aromatic carbocycles. The molecule has 0 aliphatic carbocycles. The highest BCUT2D eigenvalue weighted by molar-refractivity contribution is 5.75. The molecule has 0 aromatic heterocycles. The molecule has 1 aliphatic heterocycles. The molecular weight excluding hydrogens is 330 g/mol. The van der Waals surface area contributed by atoms with Crippen LogP contribution in [0.3, 0.4) is 0 Å². The van der Waals surface area contributed by atoms with Crippen LogP contribution in [0.2, 0.25) is 0 Å². The third-order valence-electron chi connectivity index (χ3n) is 4.61. The molecule has 26 heavy (non-hydrogen) atoms. The minimum absolute atomic E-state index is 0.116. The van der Waals surface area contributed by atoms with Crippen LogP contribution in [0.5, 0.6) is 0 Å². The van der Waals surface area contributed by atoms with Crippen LogP contribution in [0.4, 0.5) is 4.79 Å². The first-order valence-electron chi connectivity index (χ1n) is 8.79. The number of amides is 1. The van der Waals surface area contributed by atoms with Gasteiger partial charge in [0.1, 0.15) is 18.9 Å². The van der Waals surface area contributed by atoms with Crippen molar-refractivity contribution in [1.82, 2.24) is 4.90 Å². The van der Waals surface area contributed by atoms with Crippen LogP contribution >= 0.6 is 0 Å². The number of nitrogens with zero attached hydrogens (tertiary/aromatic N) is 1. The van der Waals surface area contributed by atoms with Crippen molar-refractivity contribution in [3.05, 3.63) is 71.8 Å². The van der Waals surface area contributed by atoms with Crippen LogP contribution in [0.1, 0.15) is 24.5 Å². The molecule has 0 bridgehead atoms. The van der Waals surface area contributed by atoms with Crippen LogP contribution in [0, 0.1) is 0 Å². The first-order valence-corrected chi connectivity index (χ1v) is 8.79. The molecule has 0 spiro atoms. The Morgan fingerprint density at radius 2 is 1.62 bits per heavy atom. The number of rotatable bonds is 6. The van der Waals surface area contributed by atoms with Gasteiger partial charge in [0.2, 0.25) is 0 Å².